The van der Waals surface area contributed by atoms with Crippen LogP contribution in [0.5, 0.6) is 11.5 Å². The van der Waals surface area contributed by atoms with E-state index in [0.717, 1.165) is 0 Å². The van der Waals surface area contributed by atoms with Crippen molar-refractivity contribution in [1.29, 1.82) is 0 Å². The first-order chi connectivity index (χ1) is 12.7. The van der Waals surface area contributed by atoms with Crippen molar-refractivity contribution in [2.45, 2.75) is 26.4 Å². The van der Waals surface area contributed by atoms with Crippen LogP contribution < -0.4 is 15.6 Å². The molecular formula is C18H17FN4O4. The number of aromatic amines is 1. The van der Waals surface area contributed by atoms with Gasteiger partial charge in [-0.15, -0.1) is 0 Å². The largest absolute Gasteiger partial charge is 0.453 e. The van der Waals surface area contributed by atoms with Crippen molar-refractivity contribution < 1.29 is 18.7 Å². The average molecular weight is 372 g/mol. The number of amides is 1. The molecule has 27 heavy (non-hydrogen) atoms. The molecule has 0 bridgehead atoms. The fourth-order valence-corrected chi connectivity index (χ4v) is 2.22. The number of aromatic nitrogens is 3. The smallest absolute Gasteiger partial charge is 0.412 e. The van der Waals surface area contributed by atoms with Gasteiger partial charge in [0.1, 0.15) is 5.60 Å². The highest BCUT2D eigenvalue weighted by atomic mass is 19.1. The highest BCUT2D eigenvalue weighted by Crippen LogP contribution is 2.32. The Bertz CT molecular complexity index is 1060. The van der Waals surface area contributed by atoms with E-state index in [1.165, 1.54) is 12.3 Å². The Balaban J connectivity index is 1.93. The molecule has 0 saturated carbocycles. The molecule has 2 heterocycles. The van der Waals surface area contributed by atoms with Crippen LogP contribution in [0.4, 0.5) is 14.9 Å². The zero-order valence-electron chi connectivity index (χ0n) is 14.9. The highest BCUT2D eigenvalue weighted by molar-refractivity contribution is 5.87. The number of benzene rings is 1. The molecule has 3 rings (SSSR count). The lowest BCUT2D eigenvalue weighted by Crippen LogP contribution is -2.27. The van der Waals surface area contributed by atoms with E-state index in [0.29, 0.717) is 5.69 Å². The Labute approximate surface area is 153 Å². The molecule has 3 aromatic rings. The molecule has 8 nitrogen and oxygen atoms in total. The molecule has 1 aromatic carbocycles. The maximum Gasteiger partial charge on any atom is 0.412 e. The summed E-state index contributed by atoms with van der Waals surface area (Å²) < 4.78 is 24.6. The Morgan fingerprint density at radius 1 is 1.19 bits per heavy atom. The molecule has 9 heteroatoms. The first-order valence-electron chi connectivity index (χ1n) is 8.04. The van der Waals surface area contributed by atoms with Gasteiger partial charge in [0.05, 0.1) is 5.69 Å². The number of hydrogen-bond acceptors (Lipinski definition) is 6. The third-order valence-corrected chi connectivity index (χ3v) is 3.26. The summed E-state index contributed by atoms with van der Waals surface area (Å²) in [6, 6.07) is 8.12. The molecule has 0 spiro atoms. The van der Waals surface area contributed by atoms with Gasteiger partial charge in [-0.3, -0.25) is 10.1 Å². The molecule has 0 aliphatic heterocycles. The van der Waals surface area contributed by atoms with Crippen molar-refractivity contribution in [1.82, 2.24) is 15.0 Å². The molecule has 0 atom stereocenters. The van der Waals surface area contributed by atoms with E-state index in [9.17, 15) is 14.0 Å². The van der Waals surface area contributed by atoms with Gasteiger partial charge < -0.3 is 14.5 Å². The Morgan fingerprint density at radius 2 is 1.93 bits per heavy atom. The molecule has 1 amide bonds. The lowest BCUT2D eigenvalue weighted by atomic mass is 10.2. The highest BCUT2D eigenvalue weighted by Gasteiger charge is 2.18. The van der Waals surface area contributed by atoms with Crippen LogP contribution in [-0.2, 0) is 4.74 Å². The Hall–Kier alpha value is -3.49. The first kappa shape index (κ1) is 18.3. The number of nitrogens with one attached hydrogen (secondary N) is 2. The summed E-state index contributed by atoms with van der Waals surface area (Å²) in [6.07, 6.45) is 0.739. The third-order valence-electron chi connectivity index (χ3n) is 3.26. The fourth-order valence-electron chi connectivity index (χ4n) is 2.22. The summed E-state index contributed by atoms with van der Waals surface area (Å²) in [7, 11) is 0. The Morgan fingerprint density at radius 3 is 2.67 bits per heavy atom. The lowest BCUT2D eigenvalue weighted by molar-refractivity contribution is 0.0635. The van der Waals surface area contributed by atoms with Crippen LogP contribution in [0, 0.1) is 5.95 Å². The molecule has 0 saturated heterocycles. The number of rotatable bonds is 3. The maximum atomic E-state index is 13.6. The summed E-state index contributed by atoms with van der Waals surface area (Å²) in [5.74, 6) is -0.752. The van der Waals surface area contributed by atoms with Crippen LogP contribution in [-0.4, -0.2) is 26.6 Å². The monoisotopic (exact) mass is 372 g/mol. The van der Waals surface area contributed by atoms with Gasteiger partial charge in [-0.2, -0.15) is 4.39 Å². The fraction of sp³-hybridized carbons (Fsp3) is 0.222. The van der Waals surface area contributed by atoms with Crippen molar-refractivity contribution in [3.63, 3.8) is 0 Å². The van der Waals surface area contributed by atoms with Gasteiger partial charge >= 0.3 is 11.7 Å². The molecule has 2 aromatic heterocycles. The molecule has 0 radical (unpaired) electrons. The summed E-state index contributed by atoms with van der Waals surface area (Å²) in [4.78, 5) is 33.2. The van der Waals surface area contributed by atoms with E-state index >= 15 is 0 Å². The van der Waals surface area contributed by atoms with Gasteiger partial charge in [0.25, 0.3) is 5.95 Å². The van der Waals surface area contributed by atoms with Crippen LogP contribution >= 0.6 is 0 Å². The third kappa shape index (κ3) is 4.38. The standard InChI is InChI=1S/C18H17FN4O4/c1-18(2,3)27-17(25)21-10-6-4-5-7-11(10)26-12-8-9-20-15-13(12)22-14(19)16(24)23-15/h4-9H,1-3H3,(H,21,25)(H,20,23,24). The van der Waals surface area contributed by atoms with Crippen LogP contribution in [0.15, 0.2) is 41.3 Å². The zero-order chi connectivity index (χ0) is 19.6. The number of halogens is 1. The topological polar surface area (TPSA) is 106 Å². The summed E-state index contributed by atoms with van der Waals surface area (Å²) in [6.45, 7) is 5.25. The minimum Gasteiger partial charge on any atom is -0.453 e. The van der Waals surface area contributed by atoms with E-state index < -0.39 is 23.2 Å². The van der Waals surface area contributed by atoms with Gasteiger partial charge in [-0.1, -0.05) is 12.1 Å². The van der Waals surface area contributed by atoms with Gasteiger partial charge in [0.2, 0.25) is 0 Å². The van der Waals surface area contributed by atoms with E-state index in [1.54, 1.807) is 45.0 Å². The maximum absolute atomic E-state index is 13.6. The number of carbonyl (C=O) groups excluding carboxylic acids is 1. The van der Waals surface area contributed by atoms with Crippen molar-refractivity contribution >= 4 is 22.9 Å². The van der Waals surface area contributed by atoms with Crippen LogP contribution in [0.1, 0.15) is 20.8 Å². The normalized spacial score (nSPS) is 11.3. The number of hydrogen-bond donors (Lipinski definition) is 2. The van der Waals surface area contributed by atoms with Crippen molar-refractivity contribution in [2.75, 3.05) is 5.32 Å². The number of H-pyrrole nitrogens is 1. The van der Waals surface area contributed by atoms with Crippen LogP contribution in [0.3, 0.4) is 0 Å². The molecular weight excluding hydrogens is 355 g/mol. The first-order valence-corrected chi connectivity index (χ1v) is 8.04. The quantitative estimate of drug-likeness (QED) is 0.728. The zero-order valence-corrected chi connectivity index (χ0v) is 14.9. The molecule has 0 aliphatic carbocycles. The summed E-state index contributed by atoms with van der Waals surface area (Å²) in [5, 5.41) is 2.60. The average Bonchev–Trinajstić information content (AvgIpc) is 2.56. The second-order valence-electron chi connectivity index (χ2n) is 6.59. The lowest BCUT2D eigenvalue weighted by Gasteiger charge is -2.20. The summed E-state index contributed by atoms with van der Waals surface area (Å²) >= 11 is 0. The molecule has 0 aliphatic rings. The number of para-hydroxylation sites is 2. The van der Waals surface area contributed by atoms with Gasteiger partial charge in [0, 0.05) is 12.3 Å². The summed E-state index contributed by atoms with van der Waals surface area (Å²) in [5.41, 5.74) is -1.16. The van der Waals surface area contributed by atoms with Crippen LogP contribution in [0.2, 0.25) is 0 Å². The van der Waals surface area contributed by atoms with Crippen LogP contribution in [0.25, 0.3) is 11.2 Å². The van der Waals surface area contributed by atoms with E-state index in [2.05, 4.69) is 20.3 Å². The minimum absolute atomic E-state index is 0.0432. The van der Waals surface area contributed by atoms with Crippen molar-refractivity contribution in [3.05, 3.63) is 52.8 Å². The minimum atomic E-state index is -1.19. The SMILES string of the molecule is CC(C)(C)OC(=O)Nc1ccccc1Oc1ccnc2[nH]c(=O)c(F)nc12. The van der Waals surface area contributed by atoms with E-state index in [-0.39, 0.29) is 22.7 Å². The number of nitrogens with zero attached hydrogens (tertiary/aromatic N) is 2. The number of pyridine rings is 1. The number of carbonyl (C=O) groups is 1. The van der Waals surface area contributed by atoms with E-state index in [1.807, 2.05) is 0 Å². The number of ether oxygens (including phenoxy) is 2. The molecule has 140 valence electrons. The van der Waals surface area contributed by atoms with Gasteiger partial charge in [0.15, 0.2) is 22.7 Å². The Kier molecular flexibility index (Phi) is 4.76. The van der Waals surface area contributed by atoms with Gasteiger partial charge in [-0.05, 0) is 32.9 Å². The molecule has 0 unspecified atom stereocenters. The second-order valence-corrected chi connectivity index (χ2v) is 6.59. The number of fused-ring (bicyclic) bond motifs is 1. The number of anilines is 1. The van der Waals surface area contributed by atoms with E-state index in [4.69, 9.17) is 9.47 Å². The predicted molar refractivity (Wildman–Crippen MR) is 96.5 cm³/mol. The second kappa shape index (κ2) is 7.02. The molecule has 2 N–H and O–H groups in total. The van der Waals surface area contributed by atoms with Gasteiger partial charge in [-0.25, -0.2) is 14.8 Å². The predicted octanol–water partition coefficient (Wildman–Crippen LogP) is 3.60. The molecule has 0 fully saturated rings. The van der Waals surface area contributed by atoms with Crippen molar-refractivity contribution in [3.8, 4) is 11.5 Å². The van der Waals surface area contributed by atoms with Crippen molar-refractivity contribution in [2.24, 2.45) is 0 Å².